The maximum Gasteiger partial charge on any atom is 0.229 e. The van der Waals surface area contributed by atoms with E-state index < -0.39 is 77.3 Å². The van der Waals surface area contributed by atoms with Gasteiger partial charge in [0, 0.05) is 12.3 Å². The van der Waals surface area contributed by atoms with E-state index in [4.69, 9.17) is 14.2 Å². The quantitative estimate of drug-likeness (QED) is 0.247. The first kappa shape index (κ1) is 34.0. The minimum atomic E-state index is -1.67. The lowest BCUT2D eigenvalue weighted by atomic mass is 9.41. The fourth-order valence-electron chi connectivity index (χ4n) is 10.6. The molecule has 13 atom stereocenters. The molecule has 11 nitrogen and oxygen atoms in total. The van der Waals surface area contributed by atoms with Crippen molar-refractivity contribution >= 4 is 5.78 Å². The first-order valence-electron chi connectivity index (χ1n) is 16.7. The van der Waals surface area contributed by atoms with Gasteiger partial charge in [0.15, 0.2) is 11.5 Å². The maximum absolute atomic E-state index is 14.7. The summed E-state index contributed by atoms with van der Waals surface area (Å²) >= 11 is 0. The fraction of sp³-hybridized carbons (Fsp3) is 0.800. The predicted octanol–water partition coefficient (Wildman–Crippen LogP) is 1.77. The number of ketones is 1. The molecule has 0 spiro atoms. The van der Waals surface area contributed by atoms with Crippen LogP contribution in [-0.2, 0) is 26.1 Å². The number of aliphatic hydroxyl groups excluding tert-OH is 5. The molecule has 2 saturated heterocycles. The second kappa shape index (κ2) is 10.8. The smallest absolute Gasteiger partial charge is 0.229 e. The molecule has 5 aliphatic rings. The van der Waals surface area contributed by atoms with Crippen molar-refractivity contribution in [1.29, 1.82) is 0 Å². The van der Waals surface area contributed by atoms with Crippen molar-refractivity contribution in [2.45, 2.75) is 147 Å². The molecule has 7 N–H and O–H groups in total. The summed E-state index contributed by atoms with van der Waals surface area (Å²) in [6.07, 6.45) is -5.69. The van der Waals surface area contributed by atoms with Gasteiger partial charge in [0.1, 0.15) is 30.2 Å². The number of rotatable bonds is 5. The largest absolute Gasteiger partial charge is 0.504 e. The molecule has 2 aliphatic heterocycles. The van der Waals surface area contributed by atoms with Crippen LogP contribution < -0.4 is 4.74 Å². The summed E-state index contributed by atoms with van der Waals surface area (Å²) in [5, 5.41) is 75.9. The molecule has 0 radical (unpaired) electrons. The van der Waals surface area contributed by atoms with E-state index in [1.54, 1.807) is 19.9 Å². The van der Waals surface area contributed by atoms with Gasteiger partial charge in [-0.25, -0.2) is 0 Å². The highest BCUT2D eigenvalue weighted by Gasteiger charge is 2.73. The van der Waals surface area contributed by atoms with Crippen molar-refractivity contribution in [1.82, 2.24) is 0 Å². The number of phenolic OH excluding ortho intramolecular Hbond substituents is 1. The third-order valence-electron chi connectivity index (χ3n) is 13.3. The number of aromatic hydroxyl groups is 1. The van der Waals surface area contributed by atoms with Gasteiger partial charge in [0.05, 0.1) is 35.4 Å². The van der Waals surface area contributed by atoms with Gasteiger partial charge in [-0.2, -0.15) is 0 Å². The van der Waals surface area contributed by atoms with Crippen LogP contribution in [-0.4, -0.2) is 102 Å². The van der Waals surface area contributed by atoms with Crippen LogP contribution in [0.25, 0.3) is 0 Å². The van der Waals surface area contributed by atoms with E-state index in [0.29, 0.717) is 36.8 Å². The number of benzene rings is 1. The van der Waals surface area contributed by atoms with Gasteiger partial charge in [0.25, 0.3) is 0 Å². The molecule has 258 valence electrons. The highest BCUT2D eigenvalue weighted by atomic mass is 16.7. The van der Waals surface area contributed by atoms with Crippen LogP contribution in [0, 0.1) is 29.6 Å². The number of carbonyl (C=O) groups is 1. The molecule has 1 aromatic carbocycles. The first-order valence-corrected chi connectivity index (χ1v) is 16.7. The summed E-state index contributed by atoms with van der Waals surface area (Å²) in [6.45, 7) is 13.0. The van der Waals surface area contributed by atoms with Gasteiger partial charge >= 0.3 is 0 Å². The minimum Gasteiger partial charge on any atom is -0.504 e. The van der Waals surface area contributed by atoms with Gasteiger partial charge < -0.3 is 50.0 Å². The number of Topliss-reactive ketones (excluding diaryl/α,β-unsaturated/α-hetero) is 1. The second-order valence-corrected chi connectivity index (χ2v) is 16.3. The standard InChI is InChI=1S/C35H52O11/c1-16-17-8-9-22-32(4)13-19(37)29(35(7,43)24-10-11-31(2,3)46-24)33(32,5)14-23(38)34(22,6)18(17)12-20(25(16)39)44-30-28(42)27(41)26(40)21(15-36)45-30/h12,19,21-22,24,26-30,36-37,39-43H,8-11,13-15H2,1-7H3/t19-,21?,22+,24?,26?,27?,28?,29+,30?,32+,33-,34+,35+/m1/s1. The summed E-state index contributed by atoms with van der Waals surface area (Å²) in [5.41, 5.74) is -1.98. The van der Waals surface area contributed by atoms with E-state index in [0.717, 1.165) is 12.0 Å². The summed E-state index contributed by atoms with van der Waals surface area (Å²) < 4.78 is 17.8. The first-order chi connectivity index (χ1) is 21.2. The zero-order valence-electron chi connectivity index (χ0n) is 28.0. The molecule has 0 bridgehead atoms. The number of carbonyl (C=O) groups excluding carboxylic acids is 1. The van der Waals surface area contributed by atoms with Gasteiger partial charge in [-0.1, -0.05) is 13.8 Å². The van der Waals surface area contributed by atoms with Crippen LogP contribution in [0.5, 0.6) is 11.5 Å². The molecule has 6 unspecified atom stereocenters. The molecule has 2 saturated carbocycles. The minimum absolute atomic E-state index is 0.0233. The average molecular weight is 649 g/mol. The van der Waals surface area contributed by atoms with Gasteiger partial charge in [-0.05, 0) is 106 Å². The predicted molar refractivity (Wildman–Crippen MR) is 165 cm³/mol. The van der Waals surface area contributed by atoms with E-state index in [2.05, 4.69) is 6.92 Å². The summed E-state index contributed by atoms with van der Waals surface area (Å²) in [7, 11) is 0. The number of hydrogen-bond donors (Lipinski definition) is 7. The van der Waals surface area contributed by atoms with E-state index >= 15 is 0 Å². The Labute approximate surface area is 270 Å². The van der Waals surface area contributed by atoms with Gasteiger partial charge in [0.2, 0.25) is 6.29 Å². The van der Waals surface area contributed by atoms with Crippen molar-refractivity contribution in [3.8, 4) is 11.5 Å². The van der Waals surface area contributed by atoms with Gasteiger partial charge in [-0.3, -0.25) is 4.79 Å². The Bertz CT molecular complexity index is 1390. The summed E-state index contributed by atoms with van der Waals surface area (Å²) in [4.78, 5) is 14.7. The van der Waals surface area contributed by atoms with Crippen molar-refractivity contribution in [2.24, 2.45) is 22.7 Å². The molecular formula is C35H52O11. The highest BCUT2D eigenvalue weighted by molar-refractivity contribution is 5.93. The van der Waals surface area contributed by atoms with Crippen LogP contribution in [0.4, 0.5) is 0 Å². The molecule has 46 heavy (non-hydrogen) atoms. The topological polar surface area (TPSA) is 186 Å². The van der Waals surface area contributed by atoms with Crippen LogP contribution in [0.15, 0.2) is 6.07 Å². The summed E-state index contributed by atoms with van der Waals surface area (Å²) in [5.74, 6) is -1.07. The monoisotopic (exact) mass is 648 g/mol. The third-order valence-corrected chi connectivity index (χ3v) is 13.3. The average Bonchev–Trinajstić information content (AvgIpc) is 3.45. The number of hydrogen-bond acceptors (Lipinski definition) is 11. The Morgan fingerprint density at radius 3 is 2.30 bits per heavy atom. The van der Waals surface area contributed by atoms with Gasteiger partial charge in [-0.15, -0.1) is 0 Å². The normalized spacial score (nSPS) is 46.3. The van der Waals surface area contributed by atoms with Crippen molar-refractivity contribution < 1.29 is 54.8 Å². The number of fused-ring (bicyclic) bond motifs is 5. The number of aliphatic hydroxyl groups is 6. The Balaban J connectivity index is 1.38. The Kier molecular flexibility index (Phi) is 8.02. The number of ether oxygens (including phenoxy) is 3. The number of phenols is 1. The highest BCUT2D eigenvalue weighted by Crippen LogP contribution is 2.72. The lowest BCUT2D eigenvalue weighted by Gasteiger charge is -2.62. The lowest BCUT2D eigenvalue weighted by molar-refractivity contribution is -0.277. The Hall–Kier alpha value is -1.83. The van der Waals surface area contributed by atoms with E-state index in [-0.39, 0.29) is 35.2 Å². The molecule has 6 rings (SSSR count). The Morgan fingerprint density at radius 1 is 1.02 bits per heavy atom. The molecular weight excluding hydrogens is 596 g/mol. The second-order valence-electron chi connectivity index (χ2n) is 16.3. The zero-order chi connectivity index (χ0) is 33.9. The Morgan fingerprint density at radius 2 is 1.70 bits per heavy atom. The van der Waals surface area contributed by atoms with Crippen molar-refractivity contribution in [2.75, 3.05) is 6.61 Å². The summed E-state index contributed by atoms with van der Waals surface area (Å²) in [6, 6.07) is 1.61. The van der Waals surface area contributed by atoms with Crippen LogP contribution in [0.1, 0.15) is 90.3 Å². The molecule has 0 aromatic heterocycles. The fourth-order valence-corrected chi connectivity index (χ4v) is 10.6. The third kappa shape index (κ3) is 4.56. The van der Waals surface area contributed by atoms with E-state index in [9.17, 15) is 40.5 Å². The maximum atomic E-state index is 14.7. The molecule has 2 heterocycles. The van der Waals surface area contributed by atoms with Crippen molar-refractivity contribution in [3.05, 3.63) is 22.8 Å². The molecule has 3 aliphatic carbocycles. The van der Waals surface area contributed by atoms with Crippen LogP contribution in [0.2, 0.25) is 0 Å². The SMILES string of the molecule is Cc1c(O)c(OC2OC(CO)C(O)C(O)C2O)cc2c1CC[C@@H]1[C@@]2(C)C(=O)C[C@]2(C)[C@@H]([C@@](C)(O)C3CCC(C)(C)O3)[C@H](O)C[C@@]12C. The van der Waals surface area contributed by atoms with Crippen LogP contribution >= 0.6 is 0 Å². The lowest BCUT2D eigenvalue weighted by Crippen LogP contribution is -2.64. The molecule has 4 fully saturated rings. The molecule has 0 amide bonds. The van der Waals surface area contributed by atoms with E-state index in [1.165, 1.54) is 0 Å². The zero-order valence-corrected chi connectivity index (χ0v) is 28.0. The molecule has 11 heteroatoms. The van der Waals surface area contributed by atoms with Crippen LogP contribution in [0.3, 0.4) is 0 Å². The molecule has 1 aromatic rings. The van der Waals surface area contributed by atoms with E-state index in [1.807, 2.05) is 27.7 Å². The van der Waals surface area contributed by atoms with Crippen molar-refractivity contribution in [3.63, 3.8) is 0 Å².